The number of fused-ring (bicyclic) bond motifs is 3. The molecule has 208 valence electrons. The van der Waals surface area contributed by atoms with E-state index in [1.807, 2.05) is 30.3 Å². The van der Waals surface area contributed by atoms with E-state index in [9.17, 15) is 0 Å². The Hall–Kier alpha value is -5.87. The quantitative estimate of drug-likeness (QED) is 0.208. The first-order valence-corrected chi connectivity index (χ1v) is 14.7. The maximum absolute atomic E-state index is 6.18. The third-order valence-electron chi connectivity index (χ3n) is 8.07. The van der Waals surface area contributed by atoms with Crippen molar-refractivity contribution >= 4 is 0 Å². The van der Waals surface area contributed by atoms with Gasteiger partial charge in [0.15, 0.2) is 17.5 Å². The lowest BCUT2D eigenvalue weighted by atomic mass is 9.92. The van der Waals surface area contributed by atoms with Crippen molar-refractivity contribution in [1.82, 2.24) is 15.0 Å². The Morgan fingerprint density at radius 1 is 0.364 bits per heavy atom. The molecule has 0 amide bonds. The van der Waals surface area contributed by atoms with Gasteiger partial charge in [-0.15, -0.1) is 0 Å². The summed E-state index contributed by atoms with van der Waals surface area (Å²) in [6.07, 6.45) is 0. The second-order valence-corrected chi connectivity index (χ2v) is 10.8. The van der Waals surface area contributed by atoms with E-state index in [1.165, 1.54) is 11.1 Å². The number of hydrogen-bond donors (Lipinski definition) is 0. The minimum atomic E-state index is 0.544. The Bertz CT molecular complexity index is 1990. The van der Waals surface area contributed by atoms with Gasteiger partial charge in [0.25, 0.3) is 0 Å². The van der Waals surface area contributed by atoms with Crippen molar-refractivity contribution in [3.63, 3.8) is 0 Å². The van der Waals surface area contributed by atoms with Crippen molar-refractivity contribution < 1.29 is 4.74 Å². The van der Waals surface area contributed by atoms with Crippen molar-refractivity contribution in [2.75, 3.05) is 0 Å². The van der Waals surface area contributed by atoms with E-state index in [4.69, 9.17) is 19.7 Å². The zero-order valence-electron chi connectivity index (χ0n) is 23.9. The summed E-state index contributed by atoms with van der Waals surface area (Å²) >= 11 is 0. The lowest BCUT2D eigenvalue weighted by molar-refractivity contribution is 0.302. The van der Waals surface area contributed by atoms with Gasteiger partial charge in [0, 0.05) is 22.3 Å². The van der Waals surface area contributed by atoms with E-state index in [1.54, 1.807) is 0 Å². The van der Waals surface area contributed by atoms with Crippen LogP contribution >= 0.6 is 0 Å². The molecule has 0 radical (unpaired) electrons. The Morgan fingerprint density at radius 3 is 1.41 bits per heavy atom. The third kappa shape index (κ3) is 4.83. The molecule has 4 nitrogen and oxygen atoms in total. The third-order valence-corrected chi connectivity index (χ3v) is 8.07. The van der Waals surface area contributed by atoms with E-state index in [-0.39, 0.29) is 0 Å². The fraction of sp³-hybridized carbons (Fsp3) is 0.0250. The van der Waals surface area contributed by atoms with Gasteiger partial charge >= 0.3 is 0 Å². The maximum atomic E-state index is 6.18. The van der Waals surface area contributed by atoms with Crippen LogP contribution in [0.4, 0.5) is 0 Å². The maximum Gasteiger partial charge on any atom is 0.164 e. The number of nitrogens with zero attached hydrogens (tertiary/aromatic N) is 3. The fourth-order valence-electron chi connectivity index (χ4n) is 5.80. The van der Waals surface area contributed by atoms with Gasteiger partial charge in [-0.1, -0.05) is 146 Å². The molecule has 0 bridgehead atoms. The van der Waals surface area contributed by atoms with E-state index < -0.39 is 0 Å². The zero-order valence-corrected chi connectivity index (χ0v) is 23.9. The largest absolute Gasteiger partial charge is 0.488 e. The van der Waals surface area contributed by atoms with Crippen molar-refractivity contribution in [3.8, 4) is 73.3 Å². The SMILES string of the molecule is c1ccc(-c2ccc(-c3nc(-c4ccc(-c5ccccc5)cc4)nc(-c4cccc5c4-c4ccccc4CO5)n3)cc2)cc1. The molecule has 7 aromatic rings. The van der Waals surface area contributed by atoms with Gasteiger partial charge in [0.1, 0.15) is 12.4 Å². The van der Waals surface area contributed by atoms with Crippen LogP contribution in [0.3, 0.4) is 0 Å². The molecule has 0 fully saturated rings. The average Bonchev–Trinajstić information content (AvgIpc) is 3.12. The molecular weight excluding hydrogens is 538 g/mol. The normalized spacial score (nSPS) is 11.7. The Kier molecular flexibility index (Phi) is 6.50. The highest BCUT2D eigenvalue weighted by Crippen LogP contribution is 2.43. The van der Waals surface area contributed by atoms with E-state index in [0.29, 0.717) is 24.1 Å². The first-order valence-electron chi connectivity index (χ1n) is 14.7. The highest BCUT2D eigenvalue weighted by Gasteiger charge is 2.23. The van der Waals surface area contributed by atoms with Crippen LogP contribution < -0.4 is 4.74 Å². The molecule has 2 heterocycles. The van der Waals surface area contributed by atoms with Crippen molar-refractivity contribution in [2.24, 2.45) is 0 Å². The molecule has 0 atom stereocenters. The van der Waals surface area contributed by atoms with Crippen molar-refractivity contribution in [2.45, 2.75) is 6.61 Å². The summed E-state index contributed by atoms with van der Waals surface area (Å²) in [5, 5.41) is 0. The predicted molar refractivity (Wildman–Crippen MR) is 177 cm³/mol. The predicted octanol–water partition coefficient (Wildman–Crippen LogP) is 9.77. The summed E-state index contributed by atoms with van der Waals surface area (Å²) < 4.78 is 6.18. The molecule has 8 rings (SSSR count). The van der Waals surface area contributed by atoms with Crippen LogP contribution in [0.2, 0.25) is 0 Å². The molecule has 6 aromatic carbocycles. The van der Waals surface area contributed by atoms with Gasteiger partial charge in [0.05, 0.1) is 0 Å². The van der Waals surface area contributed by atoms with E-state index in [0.717, 1.165) is 50.3 Å². The summed E-state index contributed by atoms with van der Waals surface area (Å²) in [6, 6.07) is 52.1. The molecule has 1 aliphatic rings. The Balaban J connectivity index is 1.27. The number of ether oxygens (including phenoxy) is 1. The summed E-state index contributed by atoms with van der Waals surface area (Å²) in [5.74, 6) is 2.70. The monoisotopic (exact) mass is 565 g/mol. The summed E-state index contributed by atoms with van der Waals surface area (Å²) in [7, 11) is 0. The number of rotatable bonds is 5. The molecular formula is C40H27N3O. The summed E-state index contributed by atoms with van der Waals surface area (Å²) in [5.41, 5.74) is 10.7. The molecule has 1 aliphatic heterocycles. The lowest BCUT2D eigenvalue weighted by Crippen LogP contribution is -2.07. The van der Waals surface area contributed by atoms with E-state index >= 15 is 0 Å². The van der Waals surface area contributed by atoms with Gasteiger partial charge in [-0.25, -0.2) is 15.0 Å². The number of benzene rings is 6. The molecule has 0 saturated heterocycles. The van der Waals surface area contributed by atoms with Crippen LogP contribution in [0, 0.1) is 0 Å². The van der Waals surface area contributed by atoms with Crippen molar-refractivity contribution in [3.05, 3.63) is 157 Å². The highest BCUT2D eigenvalue weighted by molar-refractivity contribution is 5.88. The van der Waals surface area contributed by atoms with Gasteiger partial charge in [-0.3, -0.25) is 0 Å². The molecule has 0 N–H and O–H groups in total. The first-order chi connectivity index (χ1) is 21.8. The van der Waals surface area contributed by atoms with Crippen molar-refractivity contribution in [1.29, 1.82) is 0 Å². The summed E-state index contributed by atoms with van der Waals surface area (Å²) in [6.45, 7) is 0.544. The molecule has 0 aliphatic carbocycles. The van der Waals surface area contributed by atoms with Gasteiger partial charge in [0.2, 0.25) is 0 Å². The fourth-order valence-corrected chi connectivity index (χ4v) is 5.80. The first kappa shape index (κ1) is 25.8. The van der Waals surface area contributed by atoms with Crippen LogP contribution in [0.15, 0.2) is 152 Å². The topological polar surface area (TPSA) is 47.9 Å². The van der Waals surface area contributed by atoms with Crippen LogP contribution in [0.5, 0.6) is 5.75 Å². The second kappa shape index (κ2) is 11.1. The van der Waals surface area contributed by atoms with Crippen LogP contribution in [-0.2, 0) is 6.61 Å². The van der Waals surface area contributed by atoms with Crippen LogP contribution in [0.25, 0.3) is 67.5 Å². The smallest absolute Gasteiger partial charge is 0.164 e. The lowest BCUT2D eigenvalue weighted by Gasteiger charge is -2.23. The van der Waals surface area contributed by atoms with E-state index in [2.05, 4.69) is 121 Å². The Morgan fingerprint density at radius 2 is 0.818 bits per heavy atom. The standard InChI is InChI=1S/C40H27N3O/c1-3-10-27(11-4-1)29-18-22-31(23-19-29)38-41-39(32-24-20-30(21-25-32)28-12-5-2-6-13-28)43-40(42-38)35-16-9-17-36-37(35)34-15-8-7-14-33(34)26-44-36/h1-25H,26H2. The van der Waals surface area contributed by atoms with Crippen LogP contribution in [-0.4, -0.2) is 15.0 Å². The molecule has 0 saturated carbocycles. The Labute approximate surface area is 256 Å². The molecule has 0 spiro atoms. The summed E-state index contributed by atoms with van der Waals surface area (Å²) in [4.78, 5) is 15.1. The zero-order chi connectivity index (χ0) is 29.3. The molecule has 44 heavy (non-hydrogen) atoms. The average molecular weight is 566 g/mol. The minimum absolute atomic E-state index is 0.544. The van der Waals surface area contributed by atoms with Crippen LogP contribution in [0.1, 0.15) is 5.56 Å². The number of hydrogen-bond acceptors (Lipinski definition) is 4. The number of aromatic nitrogens is 3. The second-order valence-electron chi connectivity index (χ2n) is 10.8. The molecule has 1 aromatic heterocycles. The molecule has 4 heteroatoms. The highest BCUT2D eigenvalue weighted by atomic mass is 16.5. The minimum Gasteiger partial charge on any atom is -0.488 e. The molecule has 0 unspecified atom stereocenters. The van der Waals surface area contributed by atoms with Gasteiger partial charge < -0.3 is 4.74 Å². The van der Waals surface area contributed by atoms with Gasteiger partial charge in [-0.2, -0.15) is 0 Å². The van der Waals surface area contributed by atoms with Gasteiger partial charge in [-0.05, 0) is 39.4 Å².